The minimum atomic E-state index is 0.768. The Bertz CT molecular complexity index is 296. The molecule has 0 spiro atoms. The Morgan fingerprint density at radius 3 is 2.81 bits per heavy atom. The zero-order valence-corrected chi connectivity index (χ0v) is 11.5. The highest BCUT2D eigenvalue weighted by Crippen LogP contribution is 2.22. The molecule has 1 aromatic rings. The van der Waals surface area contributed by atoms with E-state index < -0.39 is 0 Å². The summed E-state index contributed by atoms with van der Waals surface area (Å²) in [7, 11) is 0. The monoisotopic (exact) mass is 241 g/mol. The van der Waals surface area contributed by atoms with Crippen molar-refractivity contribution in [1.29, 1.82) is 0 Å². The van der Waals surface area contributed by atoms with Crippen LogP contribution in [-0.4, -0.2) is 13.2 Å². The molecule has 0 bridgehead atoms. The largest absolute Gasteiger partial charge is 0.377 e. The second kappa shape index (κ2) is 7.82. The van der Waals surface area contributed by atoms with Crippen LogP contribution in [0.4, 0.5) is 0 Å². The molecular weight excluding hydrogens is 218 g/mol. The van der Waals surface area contributed by atoms with Gasteiger partial charge in [0, 0.05) is 22.9 Å². The average molecular weight is 241 g/mol. The van der Waals surface area contributed by atoms with Crippen molar-refractivity contribution in [3.8, 4) is 0 Å². The molecule has 1 N–H and O–H groups in total. The Labute approximate surface area is 103 Å². The Kier molecular flexibility index (Phi) is 6.69. The molecule has 16 heavy (non-hydrogen) atoms. The number of ether oxygens (including phenoxy) is 1. The molecule has 1 rings (SSSR count). The van der Waals surface area contributed by atoms with Crippen LogP contribution in [0.2, 0.25) is 0 Å². The Hall–Kier alpha value is -0.380. The topological polar surface area (TPSA) is 21.3 Å². The second-order valence-corrected chi connectivity index (χ2v) is 5.36. The zero-order valence-electron chi connectivity index (χ0n) is 10.6. The summed E-state index contributed by atoms with van der Waals surface area (Å²) in [5, 5.41) is 3.43. The summed E-state index contributed by atoms with van der Waals surface area (Å²) < 4.78 is 5.57. The minimum Gasteiger partial charge on any atom is -0.377 e. The van der Waals surface area contributed by atoms with Crippen molar-refractivity contribution in [3.05, 3.63) is 21.4 Å². The highest BCUT2D eigenvalue weighted by Gasteiger charge is 2.05. The average Bonchev–Trinajstić information content (AvgIpc) is 2.61. The van der Waals surface area contributed by atoms with E-state index in [-0.39, 0.29) is 0 Å². The maximum atomic E-state index is 5.57. The molecule has 1 heterocycles. The van der Waals surface area contributed by atoms with E-state index in [0.717, 1.165) is 32.7 Å². The maximum Gasteiger partial charge on any atom is 0.0727 e. The molecule has 0 saturated carbocycles. The summed E-state index contributed by atoms with van der Waals surface area (Å²) in [6, 6.07) is 2.28. The van der Waals surface area contributed by atoms with E-state index in [4.69, 9.17) is 4.74 Å². The van der Waals surface area contributed by atoms with Crippen molar-refractivity contribution in [2.45, 2.75) is 46.8 Å². The van der Waals surface area contributed by atoms with Gasteiger partial charge < -0.3 is 10.1 Å². The Morgan fingerprint density at radius 2 is 2.12 bits per heavy atom. The summed E-state index contributed by atoms with van der Waals surface area (Å²) in [4.78, 5) is 2.81. The summed E-state index contributed by atoms with van der Waals surface area (Å²) in [5.41, 5.74) is 1.35. The summed E-state index contributed by atoms with van der Waals surface area (Å²) >= 11 is 1.88. The van der Waals surface area contributed by atoms with Crippen molar-refractivity contribution in [1.82, 2.24) is 5.32 Å². The molecule has 0 atom stereocenters. The van der Waals surface area contributed by atoms with Crippen molar-refractivity contribution in [3.63, 3.8) is 0 Å². The normalized spacial score (nSPS) is 10.9. The van der Waals surface area contributed by atoms with E-state index in [1.807, 2.05) is 11.3 Å². The molecule has 92 valence electrons. The molecule has 3 heteroatoms. The molecule has 0 saturated heterocycles. The smallest absolute Gasteiger partial charge is 0.0727 e. The number of hydrogen-bond acceptors (Lipinski definition) is 3. The Morgan fingerprint density at radius 1 is 1.31 bits per heavy atom. The Balaban J connectivity index is 2.39. The first-order valence-corrected chi connectivity index (χ1v) is 6.96. The van der Waals surface area contributed by atoms with E-state index in [9.17, 15) is 0 Å². The molecule has 0 aliphatic carbocycles. The predicted molar refractivity (Wildman–Crippen MR) is 71.0 cm³/mol. The highest BCUT2D eigenvalue weighted by atomic mass is 32.1. The molecule has 0 amide bonds. The van der Waals surface area contributed by atoms with Crippen LogP contribution in [0.5, 0.6) is 0 Å². The van der Waals surface area contributed by atoms with Gasteiger partial charge in [0.25, 0.3) is 0 Å². The zero-order chi connectivity index (χ0) is 11.8. The van der Waals surface area contributed by atoms with Crippen molar-refractivity contribution < 1.29 is 4.74 Å². The molecule has 0 aliphatic heterocycles. The lowest BCUT2D eigenvalue weighted by Crippen LogP contribution is -2.12. The third-order valence-corrected chi connectivity index (χ3v) is 3.50. The molecule has 2 nitrogen and oxygen atoms in total. The van der Waals surface area contributed by atoms with Gasteiger partial charge in [0.2, 0.25) is 0 Å². The van der Waals surface area contributed by atoms with Gasteiger partial charge in [-0.25, -0.2) is 0 Å². The second-order valence-electron chi connectivity index (χ2n) is 4.02. The SMILES string of the molecule is CCCNCc1cc(COCCC)c(C)s1. The molecule has 0 fully saturated rings. The molecule has 0 aromatic carbocycles. The maximum absolute atomic E-state index is 5.57. The summed E-state index contributed by atoms with van der Waals surface area (Å²) in [5.74, 6) is 0. The van der Waals surface area contributed by atoms with Gasteiger partial charge in [0.15, 0.2) is 0 Å². The number of thiophene rings is 1. The summed E-state index contributed by atoms with van der Waals surface area (Å²) in [6.07, 6.45) is 2.28. The van der Waals surface area contributed by atoms with Gasteiger partial charge in [0.1, 0.15) is 0 Å². The van der Waals surface area contributed by atoms with Gasteiger partial charge in [-0.3, -0.25) is 0 Å². The highest BCUT2D eigenvalue weighted by molar-refractivity contribution is 7.12. The van der Waals surface area contributed by atoms with Crippen LogP contribution in [0, 0.1) is 6.92 Å². The number of aryl methyl sites for hydroxylation is 1. The fourth-order valence-corrected chi connectivity index (χ4v) is 2.55. The van der Waals surface area contributed by atoms with Gasteiger partial charge in [0.05, 0.1) is 6.61 Å². The van der Waals surface area contributed by atoms with Crippen LogP contribution >= 0.6 is 11.3 Å². The van der Waals surface area contributed by atoms with E-state index >= 15 is 0 Å². The predicted octanol–water partition coefficient (Wildman–Crippen LogP) is 3.48. The van der Waals surface area contributed by atoms with Crippen molar-refractivity contribution >= 4 is 11.3 Å². The lowest BCUT2D eigenvalue weighted by atomic mass is 10.2. The molecule has 1 aromatic heterocycles. The molecule has 0 unspecified atom stereocenters. The van der Waals surface area contributed by atoms with Gasteiger partial charge in [-0.05, 0) is 37.9 Å². The minimum absolute atomic E-state index is 0.768. The fraction of sp³-hybridized carbons (Fsp3) is 0.692. The molecule has 0 aliphatic rings. The van der Waals surface area contributed by atoms with E-state index in [2.05, 4.69) is 32.2 Å². The molecular formula is C13H23NOS. The van der Waals surface area contributed by atoms with Gasteiger partial charge in [-0.2, -0.15) is 0 Å². The van der Waals surface area contributed by atoms with Crippen LogP contribution in [0.3, 0.4) is 0 Å². The third kappa shape index (κ3) is 4.64. The van der Waals surface area contributed by atoms with Crippen LogP contribution in [0.15, 0.2) is 6.07 Å². The first kappa shape index (κ1) is 13.7. The number of rotatable bonds is 8. The first-order valence-electron chi connectivity index (χ1n) is 6.14. The van der Waals surface area contributed by atoms with E-state index in [1.54, 1.807) is 0 Å². The van der Waals surface area contributed by atoms with E-state index in [0.29, 0.717) is 0 Å². The van der Waals surface area contributed by atoms with Crippen LogP contribution in [-0.2, 0) is 17.9 Å². The number of nitrogens with one attached hydrogen (secondary N) is 1. The molecule has 0 radical (unpaired) electrons. The lowest BCUT2D eigenvalue weighted by Gasteiger charge is -2.00. The van der Waals surface area contributed by atoms with Crippen LogP contribution in [0.25, 0.3) is 0 Å². The van der Waals surface area contributed by atoms with E-state index in [1.165, 1.54) is 21.7 Å². The lowest BCUT2D eigenvalue weighted by molar-refractivity contribution is 0.121. The van der Waals surface area contributed by atoms with Crippen LogP contribution < -0.4 is 5.32 Å². The van der Waals surface area contributed by atoms with Crippen LogP contribution in [0.1, 0.15) is 42.0 Å². The van der Waals surface area contributed by atoms with Gasteiger partial charge >= 0.3 is 0 Å². The third-order valence-electron chi connectivity index (χ3n) is 2.40. The van der Waals surface area contributed by atoms with Crippen molar-refractivity contribution in [2.75, 3.05) is 13.2 Å². The quantitative estimate of drug-likeness (QED) is 0.704. The summed E-state index contributed by atoms with van der Waals surface area (Å²) in [6.45, 7) is 10.2. The fourth-order valence-electron chi connectivity index (χ4n) is 1.53. The standard InChI is InChI=1S/C13H23NOS/c1-4-6-14-9-13-8-12(11(3)16-13)10-15-7-5-2/h8,14H,4-7,9-10H2,1-3H3. The number of hydrogen-bond donors (Lipinski definition) is 1. The van der Waals surface area contributed by atoms with Crippen molar-refractivity contribution in [2.24, 2.45) is 0 Å². The van der Waals surface area contributed by atoms with Gasteiger partial charge in [-0.1, -0.05) is 13.8 Å². The van der Waals surface area contributed by atoms with Gasteiger partial charge in [-0.15, -0.1) is 11.3 Å². The first-order chi connectivity index (χ1) is 7.77.